The fourth-order valence-electron chi connectivity index (χ4n) is 1.89. The zero-order chi connectivity index (χ0) is 17.8. The van der Waals surface area contributed by atoms with Crippen molar-refractivity contribution in [1.82, 2.24) is 0 Å². The van der Waals surface area contributed by atoms with Gasteiger partial charge in [-0.2, -0.15) is 0 Å². The molecule has 0 saturated carbocycles. The Morgan fingerprint density at radius 2 is 1.08 bits per heavy atom. The molecule has 0 radical (unpaired) electrons. The van der Waals surface area contributed by atoms with Gasteiger partial charge < -0.3 is 9.47 Å². The normalized spacial score (nSPS) is 9.50. The molecule has 154 valence electrons. The molecule has 0 atom stereocenters. The Morgan fingerprint density at radius 1 is 0.667 bits per heavy atom. The topological polar surface area (TPSA) is 18.5 Å². The predicted molar refractivity (Wildman–Crippen MR) is 115 cm³/mol. The first kappa shape index (κ1) is 35.1. The number of hydrogen-bond donors (Lipinski definition) is 0. The van der Waals surface area contributed by atoms with Crippen molar-refractivity contribution in [3.63, 3.8) is 0 Å². The summed E-state index contributed by atoms with van der Waals surface area (Å²) in [5.74, 6) is 1.81. The maximum absolute atomic E-state index is 5.05. The van der Waals surface area contributed by atoms with Crippen LogP contribution in [0.15, 0.2) is 0 Å². The number of methoxy groups -OCH3 is 2. The van der Waals surface area contributed by atoms with Gasteiger partial charge in [0.05, 0.1) is 6.10 Å². The van der Waals surface area contributed by atoms with E-state index in [0.29, 0.717) is 6.10 Å². The second-order valence-corrected chi connectivity index (χ2v) is 6.06. The summed E-state index contributed by atoms with van der Waals surface area (Å²) >= 11 is 0. The molecule has 0 saturated heterocycles. The van der Waals surface area contributed by atoms with Crippen LogP contribution >= 0.6 is 0 Å². The van der Waals surface area contributed by atoms with Crippen LogP contribution in [0.3, 0.4) is 0 Å². The van der Waals surface area contributed by atoms with Crippen molar-refractivity contribution in [1.29, 1.82) is 0 Å². The highest BCUT2D eigenvalue weighted by Gasteiger charge is 2.00. The molecule has 2 heteroatoms. The van der Waals surface area contributed by atoms with Crippen LogP contribution in [0.1, 0.15) is 108 Å². The van der Waals surface area contributed by atoms with Crippen molar-refractivity contribution in [3.05, 3.63) is 0 Å². The molecule has 0 aliphatic rings. The first-order valence-electron chi connectivity index (χ1n) is 9.52. The van der Waals surface area contributed by atoms with Crippen molar-refractivity contribution in [2.45, 2.75) is 114 Å². The molecule has 0 unspecified atom stereocenters. The second kappa shape index (κ2) is 30.8. The van der Waals surface area contributed by atoms with Crippen molar-refractivity contribution >= 4 is 0 Å². The molecule has 0 bridgehead atoms. The summed E-state index contributed by atoms with van der Waals surface area (Å²) in [6.45, 7) is 16.4. The lowest BCUT2D eigenvalue weighted by molar-refractivity contribution is 0.0964. The van der Waals surface area contributed by atoms with E-state index in [2.05, 4.69) is 48.5 Å². The second-order valence-electron chi connectivity index (χ2n) is 6.06. The zero-order valence-electron chi connectivity index (χ0n) is 17.2. The summed E-state index contributed by atoms with van der Waals surface area (Å²) in [7, 11) is 3.53. The largest absolute Gasteiger partial charge is 0.385 e. The maximum atomic E-state index is 5.05. The number of hydrogen-bond acceptors (Lipinski definition) is 2. The molecule has 0 aliphatic carbocycles. The molecule has 0 aromatic carbocycles. The number of ether oxygens (including phenoxy) is 2. The van der Waals surface area contributed by atoms with E-state index in [4.69, 9.17) is 9.47 Å². The third-order valence-corrected chi connectivity index (χ3v) is 4.52. The molecule has 0 fully saturated rings. The first-order valence-corrected chi connectivity index (χ1v) is 9.52. The van der Waals surface area contributed by atoms with E-state index in [0.717, 1.165) is 31.3 Å². The predicted octanol–water partition coefficient (Wildman–Crippen LogP) is 8.00. The fourth-order valence-corrected chi connectivity index (χ4v) is 1.89. The van der Waals surface area contributed by atoms with Crippen LogP contribution in [0, 0.1) is 11.8 Å². The van der Waals surface area contributed by atoms with Crippen LogP contribution in [0.25, 0.3) is 0 Å². The Kier molecular flexibility index (Phi) is 45.0. The minimum absolute atomic E-state index is 0. The highest BCUT2D eigenvalue weighted by molar-refractivity contribution is 4.52. The molecular formula is C22H54O2. The lowest BCUT2D eigenvalue weighted by Gasteiger charge is -2.09. The molecule has 24 heavy (non-hydrogen) atoms. The Labute approximate surface area is 157 Å². The standard InChI is InChI=1S/C8H18O.C6H14O.C6H14.2CH4/c1-4-8(5-2)6-7-9-3;1-4-6(5-2)7-3;1-4-6(3)5-2;;/h8H,4-7H2,1-3H3;6H,4-5H2,1-3H3;6H,4-5H2,1-3H3;2*1H4. The van der Waals surface area contributed by atoms with Gasteiger partial charge in [-0.3, -0.25) is 0 Å². The molecular weight excluding hydrogens is 296 g/mol. The van der Waals surface area contributed by atoms with Crippen LogP contribution in [-0.4, -0.2) is 26.9 Å². The van der Waals surface area contributed by atoms with Crippen LogP contribution in [-0.2, 0) is 9.47 Å². The summed E-state index contributed by atoms with van der Waals surface area (Å²) in [6, 6.07) is 0. The van der Waals surface area contributed by atoms with Crippen molar-refractivity contribution in [2.24, 2.45) is 11.8 Å². The van der Waals surface area contributed by atoms with Gasteiger partial charge in [0.1, 0.15) is 0 Å². The smallest absolute Gasteiger partial charge is 0.0566 e. The molecule has 0 spiro atoms. The highest BCUT2D eigenvalue weighted by atomic mass is 16.5. The Hall–Kier alpha value is -0.0800. The molecule has 2 nitrogen and oxygen atoms in total. The van der Waals surface area contributed by atoms with Gasteiger partial charge >= 0.3 is 0 Å². The van der Waals surface area contributed by atoms with E-state index < -0.39 is 0 Å². The monoisotopic (exact) mass is 350 g/mol. The van der Waals surface area contributed by atoms with Crippen LogP contribution in [0.2, 0.25) is 0 Å². The van der Waals surface area contributed by atoms with E-state index in [9.17, 15) is 0 Å². The van der Waals surface area contributed by atoms with Crippen LogP contribution in [0.5, 0.6) is 0 Å². The van der Waals surface area contributed by atoms with Gasteiger partial charge in [0.15, 0.2) is 0 Å². The average molecular weight is 351 g/mol. The van der Waals surface area contributed by atoms with Gasteiger partial charge in [-0.05, 0) is 31.1 Å². The minimum Gasteiger partial charge on any atom is -0.385 e. The molecule has 0 rings (SSSR count). The Balaban J connectivity index is -0.0000000737. The van der Waals surface area contributed by atoms with Crippen molar-refractivity contribution in [3.8, 4) is 0 Å². The molecule has 0 aliphatic heterocycles. The van der Waals surface area contributed by atoms with Crippen molar-refractivity contribution in [2.75, 3.05) is 20.8 Å². The minimum atomic E-state index is 0. The van der Waals surface area contributed by atoms with Gasteiger partial charge in [-0.1, -0.05) is 89.0 Å². The van der Waals surface area contributed by atoms with E-state index in [-0.39, 0.29) is 14.9 Å². The summed E-state index contributed by atoms with van der Waals surface area (Å²) in [5, 5.41) is 0. The third-order valence-electron chi connectivity index (χ3n) is 4.52. The molecule has 0 aromatic heterocycles. The molecule has 0 amide bonds. The SMILES string of the molecule is C.C.CCC(C)CC.CCC(CC)CCOC.CCC(CC)OC. The van der Waals surface area contributed by atoms with Gasteiger partial charge in [0.25, 0.3) is 0 Å². The lowest BCUT2D eigenvalue weighted by Crippen LogP contribution is -2.05. The fraction of sp³-hybridized carbons (Fsp3) is 1.00. The van der Waals surface area contributed by atoms with E-state index in [1.807, 2.05) is 0 Å². The van der Waals surface area contributed by atoms with Crippen LogP contribution in [0.4, 0.5) is 0 Å². The molecule has 0 N–H and O–H groups in total. The number of rotatable bonds is 10. The summed E-state index contributed by atoms with van der Waals surface area (Å²) in [4.78, 5) is 0. The summed E-state index contributed by atoms with van der Waals surface area (Å²) in [5.41, 5.74) is 0. The van der Waals surface area contributed by atoms with Crippen LogP contribution < -0.4 is 0 Å². The van der Waals surface area contributed by atoms with Gasteiger partial charge in [0.2, 0.25) is 0 Å². The molecule has 0 aromatic rings. The van der Waals surface area contributed by atoms with Gasteiger partial charge in [-0.25, -0.2) is 0 Å². The maximum Gasteiger partial charge on any atom is 0.0566 e. The quantitative estimate of drug-likeness (QED) is 0.397. The van der Waals surface area contributed by atoms with E-state index >= 15 is 0 Å². The Morgan fingerprint density at radius 3 is 1.21 bits per heavy atom. The first-order chi connectivity index (χ1) is 10.5. The molecule has 0 heterocycles. The van der Waals surface area contributed by atoms with Crippen molar-refractivity contribution < 1.29 is 9.47 Å². The van der Waals surface area contributed by atoms with Gasteiger partial charge in [-0.15, -0.1) is 0 Å². The van der Waals surface area contributed by atoms with Gasteiger partial charge in [0, 0.05) is 20.8 Å². The Bertz CT molecular complexity index is 154. The highest BCUT2D eigenvalue weighted by Crippen LogP contribution is 2.11. The van der Waals surface area contributed by atoms with E-state index in [1.165, 1.54) is 32.1 Å². The average Bonchev–Trinajstić information content (AvgIpc) is 2.58. The van der Waals surface area contributed by atoms with E-state index in [1.54, 1.807) is 14.2 Å². The summed E-state index contributed by atoms with van der Waals surface area (Å²) < 4.78 is 10.0. The lowest BCUT2D eigenvalue weighted by atomic mass is 10.0. The zero-order valence-corrected chi connectivity index (χ0v) is 17.2. The summed E-state index contributed by atoms with van der Waals surface area (Å²) in [6.07, 6.45) is 9.22. The third kappa shape index (κ3) is 29.9.